The van der Waals surface area contributed by atoms with Crippen LogP contribution in [0.15, 0.2) is 114 Å². The van der Waals surface area contributed by atoms with E-state index in [1.54, 1.807) is 17.0 Å². The molecule has 2 aliphatic heterocycles. The first-order valence-corrected chi connectivity index (χ1v) is 29.2. The van der Waals surface area contributed by atoms with Crippen LogP contribution in [0, 0.1) is 27.9 Å². The Labute approximate surface area is 465 Å². The number of aliphatic hydroxyl groups is 2. The lowest BCUT2D eigenvalue weighted by molar-refractivity contribution is -0.384. The number of amides is 2. The summed E-state index contributed by atoms with van der Waals surface area (Å²) in [4.78, 5) is 48.2. The quantitative estimate of drug-likeness (QED) is 0.0193. The fraction of sp³-hybridized carbons (Fsp3) is 0.540. The molecule has 2 heterocycles. The van der Waals surface area contributed by atoms with Crippen LogP contribution in [0.4, 0.5) is 15.3 Å². The number of oxime groups is 1. The van der Waals surface area contributed by atoms with Gasteiger partial charge in [0.25, 0.3) is 5.69 Å². The molecule has 16 heteroatoms. The van der Waals surface area contributed by atoms with Crippen LogP contribution >= 0.6 is 0 Å². The zero-order valence-electron chi connectivity index (χ0n) is 46.1. The molecule has 7 atom stereocenters. The van der Waals surface area contributed by atoms with Gasteiger partial charge in [0.1, 0.15) is 23.3 Å². The minimum atomic E-state index is -1.66. The number of hydrogen-bond donors (Lipinski definition) is 3. The van der Waals surface area contributed by atoms with E-state index < -0.39 is 47.1 Å². The second-order valence-corrected chi connectivity index (χ2v) is 21.6. The minimum absolute atomic E-state index is 0.0221. The summed E-state index contributed by atoms with van der Waals surface area (Å²) in [6.07, 6.45) is 20.5. The van der Waals surface area contributed by atoms with E-state index in [1.165, 1.54) is 69.2 Å². The van der Waals surface area contributed by atoms with Gasteiger partial charge in [0.05, 0.1) is 36.3 Å². The van der Waals surface area contributed by atoms with Gasteiger partial charge in [-0.3, -0.25) is 15.0 Å². The molecule has 4 aliphatic rings. The molecule has 1 saturated heterocycles. The highest BCUT2D eigenvalue weighted by Gasteiger charge is 2.66. The van der Waals surface area contributed by atoms with Crippen molar-refractivity contribution in [2.24, 2.45) is 22.9 Å². The van der Waals surface area contributed by atoms with Crippen molar-refractivity contribution in [2.75, 3.05) is 33.0 Å². The summed E-state index contributed by atoms with van der Waals surface area (Å²) in [6, 6.07) is 23.7. The maximum atomic E-state index is 15.5. The van der Waals surface area contributed by atoms with Gasteiger partial charge >= 0.3 is 12.2 Å². The molecule has 2 fully saturated rings. The molecule has 4 aromatic carbocycles. The number of nitrogens with zero attached hydrogens (tertiary/aromatic N) is 3. The molecule has 79 heavy (non-hydrogen) atoms. The monoisotopic (exact) mass is 1090 g/mol. The Balaban J connectivity index is 1.23. The van der Waals surface area contributed by atoms with Gasteiger partial charge in [-0.25, -0.2) is 9.59 Å². The van der Waals surface area contributed by atoms with Gasteiger partial charge in [-0.05, 0) is 109 Å². The fourth-order valence-corrected chi connectivity index (χ4v) is 12.3. The molecule has 426 valence electrons. The van der Waals surface area contributed by atoms with Crippen LogP contribution in [0.25, 0.3) is 10.8 Å². The summed E-state index contributed by atoms with van der Waals surface area (Å²) in [6.45, 7) is 7.46. The lowest BCUT2D eigenvalue weighted by Gasteiger charge is -2.59. The number of allylic oxidation sites excluding steroid dienone is 1. The Hall–Kier alpha value is -6.33. The number of fused-ring (bicyclic) bond motifs is 3. The summed E-state index contributed by atoms with van der Waals surface area (Å²) < 4.78 is 33.1. The van der Waals surface area contributed by atoms with Gasteiger partial charge in [-0.15, -0.1) is 6.58 Å². The molecular weight excluding hydrogens is 1000 g/mol. The molecule has 2 amide bonds. The number of unbranched alkanes of at least 4 members (excludes halogenated alkanes) is 11. The third kappa shape index (κ3) is 15.1. The number of carbonyl (C=O) groups excluding carboxylic acids is 2. The van der Waals surface area contributed by atoms with Crippen LogP contribution < -0.4 is 19.5 Å². The Bertz CT molecular complexity index is 2680. The second-order valence-electron chi connectivity index (χ2n) is 21.6. The first-order valence-electron chi connectivity index (χ1n) is 29.2. The summed E-state index contributed by atoms with van der Waals surface area (Å²) in [5, 5.41) is 41.8. The van der Waals surface area contributed by atoms with Crippen LogP contribution in [0.3, 0.4) is 0 Å². The van der Waals surface area contributed by atoms with E-state index in [1.807, 2.05) is 54.6 Å². The summed E-state index contributed by atoms with van der Waals surface area (Å²) in [5.41, 5.74) is 2.86. The number of hydrogen-bond acceptors (Lipinski definition) is 13. The van der Waals surface area contributed by atoms with Gasteiger partial charge in [-0.1, -0.05) is 137 Å². The molecule has 1 unspecified atom stereocenters. The topological polar surface area (TPSA) is 201 Å². The van der Waals surface area contributed by atoms with Gasteiger partial charge in [0, 0.05) is 56.2 Å². The van der Waals surface area contributed by atoms with E-state index in [0.29, 0.717) is 62.5 Å². The van der Waals surface area contributed by atoms with E-state index in [0.717, 1.165) is 72.4 Å². The van der Waals surface area contributed by atoms with E-state index in [2.05, 4.69) is 24.9 Å². The standard InChI is InChI=1S/C63H82N4O12/c1-3-5-6-7-8-9-10-11-12-18-36-64-61(70)76-50-34-35-56-54(42-50)59-52(28-16-20-38-69)46(24-15-19-37-68)41-53-55(65-79-58-29-17-21-40-74-58)43-57(63(78-56,60(53)59)75-39-4-2)66(44-47-26-22-25-45-23-13-14-27-51(45)47)62(71)77-49-32-30-48(31-33-49)67(72)73/h4,13-14,22-23,25-27,30-35,41-42,46,52,57-60,68-69H,2-3,5-12,15-21,24,28-29,36-40,43-44H2,1H3,(H,64,70)/t46-,52+,57-,58?,59+,60+,63+/m0/s1. The highest BCUT2D eigenvalue weighted by molar-refractivity contribution is 6.03. The van der Waals surface area contributed by atoms with Gasteiger partial charge in [0.15, 0.2) is 0 Å². The molecule has 16 nitrogen and oxygen atoms in total. The van der Waals surface area contributed by atoms with E-state index in [9.17, 15) is 25.1 Å². The minimum Gasteiger partial charge on any atom is -0.459 e. The fourth-order valence-electron chi connectivity index (χ4n) is 12.3. The van der Waals surface area contributed by atoms with Crippen LogP contribution in [-0.2, 0) is 20.9 Å². The molecule has 3 N–H and O–H groups in total. The number of carbonyl (C=O) groups is 2. The molecule has 0 radical (unpaired) electrons. The molecule has 4 aromatic rings. The van der Waals surface area contributed by atoms with Crippen LogP contribution in [-0.4, -0.2) is 89.0 Å². The summed E-state index contributed by atoms with van der Waals surface area (Å²) in [7, 11) is 0. The molecule has 8 rings (SSSR count). The zero-order valence-corrected chi connectivity index (χ0v) is 46.1. The predicted molar refractivity (Wildman–Crippen MR) is 304 cm³/mol. The van der Waals surface area contributed by atoms with Crippen LogP contribution in [0.1, 0.15) is 152 Å². The van der Waals surface area contributed by atoms with E-state index in [-0.39, 0.29) is 56.1 Å². The highest BCUT2D eigenvalue weighted by atomic mass is 16.8. The van der Waals surface area contributed by atoms with E-state index in [4.69, 9.17) is 33.7 Å². The first kappa shape index (κ1) is 58.8. The van der Waals surface area contributed by atoms with Gasteiger partial charge in [-0.2, -0.15) is 0 Å². The Kier molecular flexibility index (Phi) is 22.2. The number of benzene rings is 4. The molecule has 2 aliphatic carbocycles. The van der Waals surface area contributed by atoms with Crippen molar-refractivity contribution in [1.29, 1.82) is 0 Å². The number of ether oxygens (including phenoxy) is 5. The largest absolute Gasteiger partial charge is 0.459 e. The lowest BCUT2D eigenvalue weighted by Crippen LogP contribution is -2.70. The van der Waals surface area contributed by atoms with Crippen molar-refractivity contribution < 1.29 is 53.2 Å². The van der Waals surface area contributed by atoms with Crippen LogP contribution in [0.2, 0.25) is 0 Å². The number of non-ortho nitro benzene ring substituents is 1. The summed E-state index contributed by atoms with van der Waals surface area (Å²) >= 11 is 0. The third-order valence-electron chi connectivity index (χ3n) is 16.2. The highest BCUT2D eigenvalue weighted by Crippen LogP contribution is 2.62. The molecular formula is C63H82N4O12. The normalized spacial score (nSPS) is 22.7. The zero-order chi connectivity index (χ0) is 55.4. The SMILES string of the molecule is C=CCO[C@@]12Oc3ccc(OC(=O)NCCCCCCCCCCCC)cc3[C@H]3[C@H](CCCCO)[C@@H](CCCCO)C=C(C(=NOC4CCCCO4)C[C@@H]1N(Cc1cccc4ccccc14)C(=O)Oc1ccc([N+](=O)[O-])cc1)[C@H]32. The van der Waals surface area contributed by atoms with Crippen molar-refractivity contribution in [1.82, 2.24) is 10.2 Å². The number of nitro benzene ring substituents is 1. The maximum absolute atomic E-state index is 15.5. The first-order chi connectivity index (χ1) is 38.7. The average molecular weight is 1090 g/mol. The Morgan fingerprint density at radius 1 is 0.861 bits per heavy atom. The molecule has 0 bridgehead atoms. The number of aliphatic hydroxyl groups excluding tert-OH is 2. The maximum Gasteiger partial charge on any atom is 0.416 e. The smallest absolute Gasteiger partial charge is 0.416 e. The summed E-state index contributed by atoms with van der Waals surface area (Å²) in [5.74, 6) is -1.97. The predicted octanol–water partition coefficient (Wildman–Crippen LogP) is 13.6. The molecule has 0 aromatic heterocycles. The molecule has 1 saturated carbocycles. The van der Waals surface area contributed by atoms with Crippen molar-refractivity contribution in [2.45, 2.75) is 166 Å². The van der Waals surface area contributed by atoms with Crippen molar-refractivity contribution in [3.8, 4) is 17.2 Å². The lowest BCUT2D eigenvalue weighted by atomic mass is 9.55. The Morgan fingerprint density at radius 2 is 1.58 bits per heavy atom. The number of nitro groups is 1. The van der Waals surface area contributed by atoms with Gasteiger partial charge in [0.2, 0.25) is 12.1 Å². The Morgan fingerprint density at radius 3 is 2.30 bits per heavy atom. The van der Waals surface area contributed by atoms with Crippen molar-refractivity contribution in [3.63, 3.8) is 0 Å². The second kappa shape index (κ2) is 29.8. The average Bonchev–Trinajstić information content (AvgIpc) is 2.95. The molecule has 0 spiro atoms. The van der Waals surface area contributed by atoms with Crippen molar-refractivity contribution >= 4 is 34.4 Å². The van der Waals surface area contributed by atoms with Crippen molar-refractivity contribution in [3.05, 3.63) is 130 Å². The van der Waals surface area contributed by atoms with E-state index >= 15 is 4.79 Å². The third-order valence-corrected chi connectivity index (χ3v) is 16.2. The number of rotatable bonds is 30. The van der Waals surface area contributed by atoms with Crippen LogP contribution in [0.5, 0.6) is 17.2 Å². The van der Waals surface area contributed by atoms with Gasteiger partial charge < -0.3 is 44.1 Å². The number of nitrogens with one attached hydrogen (secondary N) is 1.